The van der Waals surface area contributed by atoms with Gasteiger partial charge in [0.15, 0.2) is 11.6 Å². The minimum absolute atomic E-state index is 0.145. The fourth-order valence-electron chi connectivity index (χ4n) is 1.07. The molecule has 0 aliphatic carbocycles. The number of anilines is 2. The molecule has 82 valence electrons. The standard InChI is InChI=1S/C10H9ClN4O/c11-6-1-3-7(4-2-6)16-8-5-14-9(12)10(13)15-8/h1-5H,(H2,12,14)(H2,13,15). The third-order valence-electron chi connectivity index (χ3n) is 1.84. The van der Waals surface area contributed by atoms with Crippen LogP contribution in [0.4, 0.5) is 11.6 Å². The molecule has 1 heterocycles. The number of halogens is 1. The Labute approximate surface area is 97.0 Å². The average Bonchev–Trinajstić information content (AvgIpc) is 2.27. The third kappa shape index (κ3) is 2.32. The highest BCUT2D eigenvalue weighted by Gasteiger charge is 2.02. The summed E-state index contributed by atoms with van der Waals surface area (Å²) in [7, 11) is 0. The van der Waals surface area contributed by atoms with Crippen molar-refractivity contribution in [3.8, 4) is 11.6 Å². The van der Waals surface area contributed by atoms with Gasteiger partial charge in [-0.15, -0.1) is 0 Å². The zero-order valence-corrected chi connectivity index (χ0v) is 8.98. The van der Waals surface area contributed by atoms with E-state index in [2.05, 4.69) is 9.97 Å². The summed E-state index contributed by atoms with van der Waals surface area (Å²) >= 11 is 5.74. The Bertz CT molecular complexity index is 501. The summed E-state index contributed by atoms with van der Waals surface area (Å²) in [5, 5.41) is 0.634. The monoisotopic (exact) mass is 236 g/mol. The predicted octanol–water partition coefficient (Wildman–Crippen LogP) is 2.09. The lowest BCUT2D eigenvalue weighted by Gasteiger charge is -2.05. The number of nitrogens with two attached hydrogens (primary N) is 2. The van der Waals surface area contributed by atoms with E-state index in [-0.39, 0.29) is 17.5 Å². The number of hydrogen-bond acceptors (Lipinski definition) is 5. The van der Waals surface area contributed by atoms with Gasteiger partial charge in [0.1, 0.15) is 5.75 Å². The van der Waals surface area contributed by atoms with Gasteiger partial charge in [-0.05, 0) is 24.3 Å². The quantitative estimate of drug-likeness (QED) is 0.834. The number of nitrogens with zero attached hydrogens (tertiary/aromatic N) is 2. The fraction of sp³-hybridized carbons (Fsp3) is 0. The second-order valence-electron chi connectivity index (χ2n) is 3.03. The first-order chi connectivity index (χ1) is 7.65. The van der Waals surface area contributed by atoms with E-state index >= 15 is 0 Å². The van der Waals surface area contributed by atoms with Crippen LogP contribution in [0, 0.1) is 0 Å². The van der Waals surface area contributed by atoms with Crippen molar-refractivity contribution in [3.63, 3.8) is 0 Å². The van der Waals surface area contributed by atoms with Gasteiger partial charge < -0.3 is 16.2 Å². The van der Waals surface area contributed by atoms with E-state index in [4.69, 9.17) is 27.8 Å². The van der Waals surface area contributed by atoms with Crippen molar-refractivity contribution in [3.05, 3.63) is 35.5 Å². The molecule has 1 aromatic heterocycles. The van der Waals surface area contributed by atoms with Gasteiger partial charge in [-0.3, -0.25) is 0 Å². The zero-order valence-electron chi connectivity index (χ0n) is 8.22. The van der Waals surface area contributed by atoms with Crippen LogP contribution in [-0.4, -0.2) is 9.97 Å². The molecule has 0 aliphatic heterocycles. The lowest BCUT2D eigenvalue weighted by Crippen LogP contribution is -2.01. The second-order valence-corrected chi connectivity index (χ2v) is 3.47. The molecule has 2 aromatic rings. The van der Waals surface area contributed by atoms with E-state index in [0.29, 0.717) is 10.8 Å². The van der Waals surface area contributed by atoms with Gasteiger partial charge in [-0.2, -0.15) is 4.98 Å². The van der Waals surface area contributed by atoms with E-state index < -0.39 is 0 Å². The lowest BCUT2D eigenvalue weighted by molar-refractivity contribution is 0.461. The first-order valence-electron chi connectivity index (χ1n) is 4.46. The molecule has 0 bridgehead atoms. The molecule has 0 radical (unpaired) electrons. The maximum Gasteiger partial charge on any atom is 0.239 e. The number of benzene rings is 1. The van der Waals surface area contributed by atoms with Crippen LogP contribution in [0.2, 0.25) is 5.02 Å². The molecule has 0 saturated heterocycles. The second kappa shape index (κ2) is 4.24. The molecule has 0 saturated carbocycles. The van der Waals surface area contributed by atoms with Crippen LogP contribution in [0.3, 0.4) is 0 Å². The van der Waals surface area contributed by atoms with Crippen molar-refractivity contribution in [2.24, 2.45) is 0 Å². The number of rotatable bonds is 2. The van der Waals surface area contributed by atoms with Crippen molar-refractivity contribution in [2.45, 2.75) is 0 Å². The minimum atomic E-state index is 0.145. The SMILES string of the molecule is Nc1ncc(Oc2ccc(Cl)cc2)nc1N. The van der Waals surface area contributed by atoms with E-state index in [1.807, 2.05) is 0 Å². The number of hydrogen-bond donors (Lipinski definition) is 2. The van der Waals surface area contributed by atoms with E-state index in [1.54, 1.807) is 24.3 Å². The van der Waals surface area contributed by atoms with Crippen molar-refractivity contribution >= 4 is 23.2 Å². The van der Waals surface area contributed by atoms with Gasteiger partial charge in [0.05, 0.1) is 6.20 Å². The number of aromatic nitrogens is 2. The molecule has 0 atom stereocenters. The predicted molar refractivity (Wildman–Crippen MR) is 62.4 cm³/mol. The van der Waals surface area contributed by atoms with Gasteiger partial charge in [0, 0.05) is 5.02 Å². The van der Waals surface area contributed by atoms with Crippen LogP contribution in [0.15, 0.2) is 30.5 Å². The Kier molecular flexibility index (Phi) is 2.78. The average molecular weight is 237 g/mol. The molecule has 16 heavy (non-hydrogen) atoms. The van der Waals surface area contributed by atoms with Gasteiger partial charge in [-0.25, -0.2) is 4.98 Å². The maximum absolute atomic E-state index is 5.74. The first-order valence-corrected chi connectivity index (χ1v) is 4.84. The van der Waals surface area contributed by atoms with Crippen LogP contribution in [0.25, 0.3) is 0 Å². The summed E-state index contributed by atoms with van der Waals surface area (Å²) in [4.78, 5) is 7.76. The smallest absolute Gasteiger partial charge is 0.239 e. The van der Waals surface area contributed by atoms with Crippen LogP contribution >= 0.6 is 11.6 Å². The Morgan fingerprint density at radius 2 is 1.75 bits per heavy atom. The molecule has 5 nitrogen and oxygen atoms in total. The molecule has 0 aliphatic rings. The van der Waals surface area contributed by atoms with Gasteiger partial charge in [-0.1, -0.05) is 11.6 Å². The molecule has 1 aromatic carbocycles. The Morgan fingerprint density at radius 3 is 2.38 bits per heavy atom. The lowest BCUT2D eigenvalue weighted by atomic mass is 10.3. The third-order valence-corrected chi connectivity index (χ3v) is 2.10. The van der Waals surface area contributed by atoms with Crippen molar-refractivity contribution in [1.29, 1.82) is 0 Å². The first kappa shape index (κ1) is 10.5. The molecular weight excluding hydrogens is 228 g/mol. The van der Waals surface area contributed by atoms with Crippen molar-refractivity contribution in [2.75, 3.05) is 11.5 Å². The summed E-state index contributed by atoms with van der Waals surface area (Å²) < 4.78 is 5.40. The fourth-order valence-corrected chi connectivity index (χ4v) is 1.19. The molecule has 0 spiro atoms. The van der Waals surface area contributed by atoms with E-state index in [0.717, 1.165) is 0 Å². The largest absolute Gasteiger partial charge is 0.437 e. The van der Waals surface area contributed by atoms with E-state index in [9.17, 15) is 0 Å². The summed E-state index contributed by atoms with van der Waals surface area (Å²) in [6, 6.07) is 6.86. The zero-order chi connectivity index (χ0) is 11.5. The van der Waals surface area contributed by atoms with Gasteiger partial charge in [0.25, 0.3) is 0 Å². The summed E-state index contributed by atoms with van der Waals surface area (Å²) in [6.45, 7) is 0. The van der Waals surface area contributed by atoms with E-state index in [1.165, 1.54) is 6.20 Å². The summed E-state index contributed by atoms with van der Waals surface area (Å²) in [5.41, 5.74) is 10.9. The van der Waals surface area contributed by atoms with Gasteiger partial charge >= 0.3 is 0 Å². The van der Waals surface area contributed by atoms with Gasteiger partial charge in [0.2, 0.25) is 5.88 Å². The highest BCUT2D eigenvalue weighted by Crippen LogP contribution is 2.22. The molecule has 0 fully saturated rings. The van der Waals surface area contributed by atoms with Crippen LogP contribution in [0.1, 0.15) is 0 Å². The van der Waals surface area contributed by atoms with Crippen LogP contribution in [0.5, 0.6) is 11.6 Å². The Hall–Kier alpha value is -2.01. The normalized spacial score (nSPS) is 10.1. The number of nitrogen functional groups attached to an aromatic ring is 2. The Morgan fingerprint density at radius 1 is 1.06 bits per heavy atom. The number of ether oxygens (including phenoxy) is 1. The van der Waals surface area contributed by atoms with Crippen molar-refractivity contribution in [1.82, 2.24) is 9.97 Å². The molecular formula is C10H9ClN4O. The molecule has 0 unspecified atom stereocenters. The minimum Gasteiger partial charge on any atom is -0.437 e. The summed E-state index contributed by atoms with van der Waals surface area (Å²) in [6.07, 6.45) is 1.40. The molecule has 4 N–H and O–H groups in total. The highest BCUT2D eigenvalue weighted by molar-refractivity contribution is 6.30. The molecule has 2 rings (SSSR count). The topological polar surface area (TPSA) is 87.0 Å². The Balaban J connectivity index is 2.20. The van der Waals surface area contributed by atoms with Crippen LogP contribution < -0.4 is 16.2 Å². The van der Waals surface area contributed by atoms with Crippen molar-refractivity contribution < 1.29 is 4.74 Å². The molecule has 0 amide bonds. The maximum atomic E-state index is 5.74. The summed E-state index contributed by atoms with van der Waals surface area (Å²) in [5.74, 6) is 1.21. The van der Waals surface area contributed by atoms with Crippen LogP contribution in [-0.2, 0) is 0 Å². The molecule has 6 heteroatoms. The highest BCUT2D eigenvalue weighted by atomic mass is 35.5.